The smallest absolute Gasteiger partial charge is 0.161 e. The molecule has 0 saturated heterocycles. The summed E-state index contributed by atoms with van der Waals surface area (Å²) in [4.78, 5) is 4.84. The molecule has 0 aliphatic heterocycles. The molecule has 1 aliphatic rings. The molecule has 25 heavy (non-hydrogen) atoms. The Morgan fingerprint density at radius 2 is 1.76 bits per heavy atom. The summed E-state index contributed by atoms with van der Waals surface area (Å²) in [5.41, 5.74) is 2.33. The third kappa shape index (κ3) is 3.74. The van der Waals surface area contributed by atoms with Crippen LogP contribution in [0.3, 0.4) is 0 Å². The zero-order valence-corrected chi connectivity index (χ0v) is 15.2. The minimum atomic E-state index is 0. The molecule has 5 heteroatoms. The molecule has 0 bridgehead atoms. The quantitative estimate of drug-likeness (QED) is 0.568. The number of imidazole rings is 1. The second kappa shape index (κ2) is 7.79. The number of nitrogens with zero attached hydrogens (tertiary/aromatic N) is 2. The minimum absolute atomic E-state index is 0. The van der Waals surface area contributed by atoms with E-state index in [2.05, 4.69) is 28.8 Å². The Kier molecular flexibility index (Phi) is 5.49. The van der Waals surface area contributed by atoms with E-state index < -0.39 is 0 Å². The number of methoxy groups -OCH3 is 1. The van der Waals surface area contributed by atoms with Crippen molar-refractivity contribution in [2.45, 2.75) is 31.7 Å². The van der Waals surface area contributed by atoms with E-state index in [1.54, 1.807) is 7.11 Å². The zero-order chi connectivity index (χ0) is 16.4. The molecular formula is C20H23ClN2O2. The molecule has 1 aliphatic carbocycles. The molecule has 4 rings (SSSR count). The SMILES string of the molecule is COc1ccccc1OCCCn1c(C2CC2)nc2ccccc21.Cl. The van der Waals surface area contributed by atoms with Crippen molar-refractivity contribution in [1.29, 1.82) is 0 Å². The molecule has 0 amide bonds. The fraction of sp³-hybridized carbons (Fsp3) is 0.350. The van der Waals surface area contributed by atoms with Gasteiger partial charge in [0.15, 0.2) is 11.5 Å². The number of benzene rings is 2. The Hall–Kier alpha value is -2.20. The van der Waals surface area contributed by atoms with Gasteiger partial charge in [0.2, 0.25) is 0 Å². The second-order valence-corrected chi connectivity index (χ2v) is 6.24. The fourth-order valence-electron chi connectivity index (χ4n) is 3.13. The summed E-state index contributed by atoms with van der Waals surface area (Å²) in [7, 11) is 1.67. The average Bonchev–Trinajstić information content (AvgIpc) is 3.41. The molecule has 0 atom stereocenters. The molecule has 0 unspecified atom stereocenters. The van der Waals surface area contributed by atoms with Crippen LogP contribution >= 0.6 is 12.4 Å². The predicted molar refractivity (Wildman–Crippen MR) is 102 cm³/mol. The van der Waals surface area contributed by atoms with E-state index in [-0.39, 0.29) is 12.4 Å². The maximum absolute atomic E-state index is 5.90. The third-order valence-corrected chi connectivity index (χ3v) is 4.48. The minimum Gasteiger partial charge on any atom is -0.493 e. The third-order valence-electron chi connectivity index (χ3n) is 4.48. The lowest BCUT2D eigenvalue weighted by molar-refractivity contribution is 0.282. The van der Waals surface area contributed by atoms with E-state index in [9.17, 15) is 0 Å². The van der Waals surface area contributed by atoms with Gasteiger partial charge in [-0.25, -0.2) is 4.98 Å². The van der Waals surface area contributed by atoms with E-state index in [4.69, 9.17) is 14.5 Å². The Bertz CT molecular complexity index is 843. The van der Waals surface area contributed by atoms with Crippen molar-refractivity contribution in [3.63, 3.8) is 0 Å². The van der Waals surface area contributed by atoms with Crippen LogP contribution < -0.4 is 9.47 Å². The molecule has 1 heterocycles. The number of aromatic nitrogens is 2. The summed E-state index contributed by atoms with van der Waals surface area (Å²) in [6.07, 6.45) is 3.47. The van der Waals surface area contributed by atoms with Crippen LogP contribution in [-0.4, -0.2) is 23.3 Å². The van der Waals surface area contributed by atoms with Gasteiger partial charge in [0.25, 0.3) is 0 Å². The number of ether oxygens (including phenoxy) is 2. The molecule has 1 fully saturated rings. The Morgan fingerprint density at radius 1 is 1.04 bits per heavy atom. The maximum atomic E-state index is 5.90. The summed E-state index contributed by atoms with van der Waals surface area (Å²) >= 11 is 0. The molecule has 4 nitrogen and oxygen atoms in total. The van der Waals surface area contributed by atoms with Gasteiger partial charge in [0.05, 0.1) is 24.8 Å². The summed E-state index contributed by atoms with van der Waals surface area (Å²) in [6.45, 7) is 1.60. The standard InChI is InChI=1S/C20H22N2O2.ClH/c1-23-18-9-4-5-10-19(18)24-14-6-13-22-17-8-3-2-7-16(17)21-20(22)15-11-12-15;/h2-5,7-10,15H,6,11-14H2,1H3;1H. The van der Waals surface area contributed by atoms with Gasteiger partial charge in [-0.3, -0.25) is 0 Å². The van der Waals surface area contributed by atoms with E-state index in [1.165, 1.54) is 24.2 Å². The van der Waals surface area contributed by atoms with Gasteiger partial charge < -0.3 is 14.0 Å². The summed E-state index contributed by atoms with van der Waals surface area (Å²) in [5, 5.41) is 0. The van der Waals surface area contributed by atoms with Crippen molar-refractivity contribution >= 4 is 23.4 Å². The lowest BCUT2D eigenvalue weighted by Gasteiger charge is -2.12. The molecule has 132 valence electrons. The molecule has 0 radical (unpaired) electrons. The molecule has 0 N–H and O–H groups in total. The van der Waals surface area contributed by atoms with Gasteiger partial charge in [-0.2, -0.15) is 0 Å². The summed E-state index contributed by atoms with van der Waals surface area (Å²) in [5.74, 6) is 3.48. The van der Waals surface area contributed by atoms with Gasteiger partial charge in [-0.15, -0.1) is 12.4 Å². The lowest BCUT2D eigenvalue weighted by atomic mass is 10.3. The van der Waals surface area contributed by atoms with Crippen molar-refractivity contribution in [2.75, 3.05) is 13.7 Å². The number of fused-ring (bicyclic) bond motifs is 1. The topological polar surface area (TPSA) is 36.3 Å². The number of halogens is 1. The molecule has 1 saturated carbocycles. The van der Waals surface area contributed by atoms with Crippen molar-refractivity contribution in [3.8, 4) is 11.5 Å². The summed E-state index contributed by atoms with van der Waals surface area (Å²) in [6, 6.07) is 16.2. The zero-order valence-electron chi connectivity index (χ0n) is 14.4. The number of rotatable bonds is 7. The van der Waals surface area contributed by atoms with E-state index in [0.717, 1.165) is 30.0 Å². The predicted octanol–water partition coefficient (Wildman–Crippen LogP) is 4.81. The van der Waals surface area contributed by atoms with Crippen molar-refractivity contribution in [3.05, 3.63) is 54.4 Å². The maximum Gasteiger partial charge on any atom is 0.161 e. The number of para-hydroxylation sites is 4. The van der Waals surface area contributed by atoms with E-state index in [0.29, 0.717) is 12.5 Å². The van der Waals surface area contributed by atoms with Gasteiger partial charge in [0.1, 0.15) is 5.82 Å². The highest BCUT2D eigenvalue weighted by Crippen LogP contribution is 2.40. The van der Waals surface area contributed by atoms with E-state index in [1.807, 2.05) is 24.3 Å². The van der Waals surface area contributed by atoms with Crippen LogP contribution in [0.4, 0.5) is 0 Å². The summed E-state index contributed by atoms with van der Waals surface area (Å²) < 4.78 is 13.6. The van der Waals surface area contributed by atoms with Crippen molar-refractivity contribution in [2.24, 2.45) is 0 Å². The average molecular weight is 359 g/mol. The van der Waals surface area contributed by atoms with Crippen LogP contribution in [0.15, 0.2) is 48.5 Å². The van der Waals surface area contributed by atoms with Gasteiger partial charge in [-0.05, 0) is 43.5 Å². The first-order valence-corrected chi connectivity index (χ1v) is 8.58. The molecular weight excluding hydrogens is 336 g/mol. The largest absolute Gasteiger partial charge is 0.493 e. The van der Waals surface area contributed by atoms with Gasteiger partial charge in [0, 0.05) is 12.5 Å². The Balaban J connectivity index is 0.00000182. The van der Waals surface area contributed by atoms with Crippen LogP contribution in [-0.2, 0) is 6.54 Å². The monoisotopic (exact) mass is 358 g/mol. The normalized spacial score (nSPS) is 13.5. The first-order chi connectivity index (χ1) is 11.9. The van der Waals surface area contributed by atoms with Crippen molar-refractivity contribution < 1.29 is 9.47 Å². The highest BCUT2D eigenvalue weighted by Gasteiger charge is 2.29. The highest BCUT2D eigenvalue weighted by molar-refractivity contribution is 5.85. The van der Waals surface area contributed by atoms with Gasteiger partial charge >= 0.3 is 0 Å². The molecule has 0 spiro atoms. The first kappa shape index (κ1) is 17.6. The second-order valence-electron chi connectivity index (χ2n) is 6.24. The van der Waals surface area contributed by atoms with Crippen LogP contribution in [0.2, 0.25) is 0 Å². The van der Waals surface area contributed by atoms with Crippen molar-refractivity contribution in [1.82, 2.24) is 9.55 Å². The first-order valence-electron chi connectivity index (χ1n) is 8.58. The van der Waals surface area contributed by atoms with E-state index >= 15 is 0 Å². The number of hydrogen-bond acceptors (Lipinski definition) is 3. The Morgan fingerprint density at radius 3 is 2.52 bits per heavy atom. The lowest BCUT2D eigenvalue weighted by Crippen LogP contribution is -2.07. The van der Waals surface area contributed by atoms with Gasteiger partial charge in [-0.1, -0.05) is 24.3 Å². The van der Waals surface area contributed by atoms with Crippen LogP contribution in [0.25, 0.3) is 11.0 Å². The highest BCUT2D eigenvalue weighted by atomic mass is 35.5. The fourth-order valence-corrected chi connectivity index (χ4v) is 3.13. The molecule has 3 aromatic rings. The van der Waals surface area contributed by atoms with Crippen LogP contribution in [0, 0.1) is 0 Å². The van der Waals surface area contributed by atoms with Crippen LogP contribution in [0.1, 0.15) is 31.0 Å². The Labute approximate surface area is 154 Å². The number of aryl methyl sites for hydroxylation is 1. The molecule has 1 aromatic heterocycles. The molecule has 2 aromatic carbocycles. The number of hydrogen-bond donors (Lipinski definition) is 0. The van der Waals surface area contributed by atoms with Crippen LogP contribution in [0.5, 0.6) is 11.5 Å².